The molecule has 0 aliphatic rings. The Hall–Kier alpha value is -2.29. The Morgan fingerprint density at radius 2 is 1.94 bits per heavy atom. The van der Waals surface area contributed by atoms with E-state index >= 15 is 0 Å². The smallest absolute Gasteiger partial charge is 0.174 e. The molecule has 0 N–H and O–H groups in total. The highest BCUT2D eigenvalue weighted by molar-refractivity contribution is 5.79. The van der Waals surface area contributed by atoms with Crippen LogP contribution < -0.4 is 4.84 Å². The van der Waals surface area contributed by atoms with Gasteiger partial charge in [0.2, 0.25) is 0 Å². The van der Waals surface area contributed by atoms with Gasteiger partial charge in [-0.05, 0) is 24.3 Å². The molecular formula is C13H10N2O. The second-order valence-electron chi connectivity index (χ2n) is 3.48. The third-order valence-corrected chi connectivity index (χ3v) is 2.40. The Balaban J connectivity index is 2.01. The number of rotatable bonds is 2. The monoisotopic (exact) mass is 210 g/mol. The third kappa shape index (κ3) is 1.52. The summed E-state index contributed by atoms with van der Waals surface area (Å²) >= 11 is 0. The highest BCUT2D eigenvalue weighted by Crippen LogP contribution is 2.16. The lowest BCUT2D eigenvalue weighted by molar-refractivity contribution is 0.228. The third-order valence-electron chi connectivity index (χ3n) is 2.40. The van der Waals surface area contributed by atoms with Gasteiger partial charge in [0.25, 0.3) is 0 Å². The van der Waals surface area contributed by atoms with E-state index in [0.29, 0.717) is 0 Å². The van der Waals surface area contributed by atoms with E-state index in [1.54, 1.807) is 17.1 Å². The van der Waals surface area contributed by atoms with E-state index in [2.05, 4.69) is 11.1 Å². The quantitative estimate of drug-likeness (QED) is 0.650. The van der Waals surface area contributed by atoms with Crippen LogP contribution in [0.1, 0.15) is 0 Å². The molecule has 0 radical (unpaired) electrons. The van der Waals surface area contributed by atoms with Crippen molar-refractivity contribution in [3.8, 4) is 5.75 Å². The largest absolute Gasteiger partial charge is 0.374 e. The van der Waals surface area contributed by atoms with Gasteiger partial charge in [0.15, 0.2) is 5.75 Å². The molecule has 0 saturated heterocycles. The molecule has 16 heavy (non-hydrogen) atoms. The Kier molecular flexibility index (Phi) is 2.07. The van der Waals surface area contributed by atoms with Crippen LogP contribution in [0.2, 0.25) is 0 Å². The Bertz CT molecular complexity index is 601. The molecule has 0 fully saturated rings. The molecule has 0 amide bonds. The first-order chi connectivity index (χ1) is 7.93. The van der Waals surface area contributed by atoms with Crippen molar-refractivity contribution in [3.63, 3.8) is 0 Å². The van der Waals surface area contributed by atoms with E-state index in [1.165, 1.54) is 0 Å². The van der Waals surface area contributed by atoms with Gasteiger partial charge in [-0.25, -0.2) is 0 Å². The maximum Gasteiger partial charge on any atom is 0.174 e. The molecule has 3 nitrogen and oxygen atoms in total. The molecule has 1 aromatic carbocycles. The van der Waals surface area contributed by atoms with Crippen molar-refractivity contribution >= 4 is 10.9 Å². The summed E-state index contributed by atoms with van der Waals surface area (Å²) in [5.41, 5.74) is 1.05. The summed E-state index contributed by atoms with van der Waals surface area (Å²) < 4.78 is 1.74. The van der Waals surface area contributed by atoms with Crippen molar-refractivity contribution in [3.05, 3.63) is 61.1 Å². The van der Waals surface area contributed by atoms with Crippen molar-refractivity contribution in [2.45, 2.75) is 0 Å². The molecule has 3 heteroatoms. The zero-order valence-corrected chi connectivity index (χ0v) is 8.58. The fraction of sp³-hybridized carbons (Fsp3) is 0. The van der Waals surface area contributed by atoms with Crippen LogP contribution in [-0.2, 0) is 0 Å². The number of para-hydroxylation sites is 1. The van der Waals surface area contributed by atoms with Gasteiger partial charge in [-0.1, -0.05) is 18.2 Å². The number of pyridine rings is 1. The summed E-state index contributed by atoms with van der Waals surface area (Å²) in [6, 6.07) is 13.8. The highest BCUT2D eigenvalue weighted by atomic mass is 16.7. The predicted octanol–water partition coefficient (Wildman–Crippen LogP) is 2.88. The molecule has 0 atom stereocenters. The number of fused-ring (bicyclic) bond motifs is 1. The molecule has 0 unspecified atom stereocenters. The minimum atomic E-state index is 0.726. The standard InChI is InChI=1S/C13H10N2O/c1-2-6-13-11(4-1)7-9-15(13)16-12-5-3-8-14-10-12/h1-10H. The fourth-order valence-corrected chi connectivity index (χ4v) is 1.65. The second-order valence-corrected chi connectivity index (χ2v) is 3.48. The van der Waals surface area contributed by atoms with Gasteiger partial charge in [0, 0.05) is 17.8 Å². The van der Waals surface area contributed by atoms with Gasteiger partial charge in [-0.3, -0.25) is 4.98 Å². The van der Waals surface area contributed by atoms with E-state index in [4.69, 9.17) is 4.84 Å². The lowest BCUT2D eigenvalue weighted by atomic mass is 10.3. The van der Waals surface area contributed by atoms with Crippen LogP contribution in [0.25, 0.3) is 10.9 Å². The van der Waals surface area contributed by atoms with Gasteiger partial charge in [0.05, 0.1) is 11.7 Å². The van der Waals surface area contributed by atoms with Gasteiger partial charge in [0.1, 0.15) is 0 Å². The molecular weight excluding hydrogens is 200 g/mol. The summed E-state index contributed by atoms with van der Waals surface area (Å²) in [4.78, 5) is 9.69. The van der Waals surface area contributed by atoms with Crippen LogP contribution >= 0.6 is 0 Å². The zero-order chi connectivity index (χ0) is 10.8. The number of benzene rings is 1. The van der Waals surface area contributed by atoms with Crippen molar-refractivity contribution in [2.75, 3.05) is 0 Å². The number of hydrogen-bond acceptors (Lipinski definition) is 2. The molecule has 0 bridgehead atoms. The topological polar surface area (TPSA) is 27.1 Å². The number of hydrogen-bond donors (Lipinski definition) is 0. The van der Waals surface area contributed by atoms with E-state index in [-0.39, 0.29) is 0 Å². The Labute approximate surface area is 92.9 Å². The SMILES string of the molecule is c1cncc(On2ccc3ccccc32)c1. The van der Waals surface area contributed by atoms with Gasteiger partial charge >= 0.3 is 0 Å². The normalized spacial score (nSPS) is 10.5. The molecule has 0 aliphatic carbocycles. The van der Waals surface area contributed by atoms with Crippen molar-refractivity contribution in [2.24, 2.45) is 0 Å². The Morgan fingerprint density at radius 1 is 1.00 bits per heavy atom. The van der Waals surface area contributed by atoms with Gasteiger partial charge in [-0.2, -0.15) is 4.73 Å². The molecule has 2 heterocycles. The molecule has 0 saturated carbocycles. The predicted molar refractivity (Wildman–Crippen MR) is 62.2 cm³/mol. The average Bonchev–Trinajstić information content (AvgIpc) is 2.74. The molecule has 0 spiro atoms. The summed E-state index contributed by atoms with van der Waals surface area (Å²) in [6.45, 7) is 0. The lowest BCUT2D eigenvalue weighted by Crippen LogP contribution is -2.02. The lowest BCUT2D eigenvalue weighted by Gasteiger charge is -2.06. The first-order valence-electron chi connectivity index (χ1n) is 5.08. The second kappa shape index (κ2) is 3.70. The molecule has 0 aliphatic heterocycles. The van der Waals surface area contributed by atoms with Crippen LogP contribution in [0.5, 0.6) is 5.75 Å². The summed E-state index contributed by atoms with van der Waals surface area (Å²) in [5, 5.41) is 1.16. The molecule has 78 valence electrons. The van der Waals surface area contributed by atoms with Crippen LogP contribution in [-0.4, -0.2) is 9.71 Å². The average molecular weight is 210 g/mol. The van der Waals surface area contributed by atoms with E-state index in [9.17, 15) is 0 Å². The first kappa shape index (κ1) is 8.97. The highest BCUT2D eigenvalue weighted by Gasteiger charge is 2.01. The van der Waals surface area contributed by atoms with Crippen LogP contribution in [0.15, 0.2) is 61.1 Å². The van der Waals surface area contributed by atoms with Crippen molar-refractivity contribution in [1.82, 2.24) is 9.71 Å². The summed E-state index contributed by atoms with van der Waals surface area (Å²) in [5.74, 6) is 0.726. The minimum Gasteiger partial charge on any atom is -0.374 e. The zero-order valence-electron chi connectivity index (χ0n) is 8.58. The van der Waals surface area contributed by atoms with Crippen LogP contribution in [0.4, 0.5) is 0 Å². The maximum atomic E-state index is 5.69. The van der Waals surface area contributed by atoms with E-state index in [1.807, 2.05) is 42.6 Å². The van der Waals surface area contributed by atoms with E-state index < -0.39 is 0 Å². The summed E-state index contributed by atoms with van der Waals surface area (Å²) in [6.07, 6.45) is 5.31. The van der Waals surface area contributed by atoms with Crippen molar-refractivity contribution < 1.29 is 4.84 Å². The van der Waals surface area contributed by atoms with Crippen LogP contribution in [0, 0.1) is 0 Å². The maximum absolute atomic E-state index is 5.69. The van der Waals surface area contributed by atoms with Crippen LogP contribution in [0.3, 0.4) is 0 Å². The van der Waals surface area contributed by atoms with E-state index in [0.717, 1.165) is 16.7 Å². The van der Waals surface area contributed by atoms with Gasteiger partial charge in [-0.15, -0.1) is 0 Å². The molecule has 3 rings (SSSR count). The first-order valence-corrected chi connectivity index (χ1v) is 5.08. The van der Waals surface area contributed by atoms with Gasteiger partial charge < -0.3 is 4.84 Å². The Morgan fingerprint density at radius 3 is 2.81 bits per heavy atom. The van der Waals surface area contributed by atoms with Crippen molar-refractivity contribution in [1.29, 1.82) is 0 Å². The number of aromatic nitrogens is 2. The number of nitrogens with zero attached hydrogens (tertiary/aromatic N) is 2. The minimum absolute atomic E-state index is 0.726. The molecule has 3 aromatic rings. The molecule has 2 aromatic heterocycles. The summed E-state index contributed by atoms with van der Waals surface area (Å²) in [7, 11) is 0. The fourth-order valence-electron chi connectivity index (χ4n) is 1.65.